The van der Waals surface area contributed by atoms with E-state index in [1.807, 2.05) is 11.9 Å². The number of nitriles is 1. The zero-order valence-corrected chi connectivity index (χ0v) is 10.7. The Kier molecular flexibility index (Phi) is 3.47. The van der Waals surface area contributed by atoms with Crippen molar-refractivity contribution in [3.8, 4) is 11.8 Å². The summed E-state index contributed by atoms with van der Waals surface area (Å²) < 4.78 is 6.71. The molecule has 0 aromatic heterocycles. The van der Waals surface area contributed by atoms with Gasteiger partial charge in [-0.15, -0.1) is 0 Å². The van der Waals surface area contributed by atoms with Crippen LogP contribution in [0.3, 0.4) is 0 Å². The third kappa shape index (κ3) is 2.37. The van der Waals surface area contributed by atoms with Gasteiger partial charge < -0.3 is 4.74 Å². The normalized spacial score (nSPS) is 13.4. The lowest BCUT2D eigenvalue weighted by molar-refractivity contribution is 0.331. The van der Waals surface area contributed by atoms with Crippen LogP contribution >= 0.6 is 15.9 Å². The molecule has 0 N–H and O–H groups in total. The Hall–Kier alpha value is -1.05. The molecule has 0 fully saturated rings. The lowest BCUT2D eigenvalue weighted by atomic mass is 10.1. The molecule has 0 atom stereocenters. The first kappa shape index (κ1) is 11.4. The SMILES string of the molecule is CN(CC#N)Cc1cc(Br)cc2c1OCC2. The highest BCUT2D eigenvalue weighted by Gasteiger charge is 2.18. The van der Waals surface area contributed by atoms with E-state index in [1.165, 1.54) is 5.56 Å². The Morgan fingerprint density at radius 3 is 3.12 bits per heavy atom. The third-order valence-electron chi connectivity index (χ3n) is 2.61. The molecular formula is C12H13BrN2O. The van der Waals surface area contributed by atoms with E-state index in [2.05, 4.69) is 34.1 Å². The lowest BCUT2D eigenvalue weighted by Gasteiger charge is -2.15. The summed E-state index contributed by atoms with van der Waals surface area (Å²) in [4.78, 5) is 1.98. The first-order valence-electron chi connectivity index (χ1n) is 5.20. The summed E-state index contributed by atoms with van der Waals surface area (Å²) in [6.45, 7) is 1.94. The van der Waals surface area contributed by atoms with Crippen LogP contribution in [0.2, 0.25) is 0 Å². The van der Waals surface area contributed by atoms with E-state index in [4.69, 9.17) is 10.00 Å². The van der Waals surface area contributed by atoms with E-state index in [1.54, 1.807) is 0 Å². The highest BCUT2D eigenvalue weighted by molar-refractivity contribution is 9.10. The number of ether oxygens (including phenoxy) is 1. The molecule has 2 rings (SSSR count). The molecule has 0 bridgehead atoms. The van der Waals surface area contributed by atoms with Gasteiger partial charge in [0.05, 0.1) is 19.2 Å². The highest BCUT2D eigenvalue weighted by Crippen LogP contribution is 2.33. The number of fused-ring (bicyclic) bond motifs is 1. The molecule has 0 spiro atoms. The molecule has 1 aliphatic rings. The van der Waals surface area contributed by atoms with Crippen LogP contribution in [0, 0.1) is 11.3 Å². The summed E-state index contributed by atoms with van der Waals surface area (Å²) in [5.41, 5.74) is 2.41. The maximum absolute atomic E-state index is 8.63. The van der Waals surface area contributed by atoms with Crippen molar-refractivity contribution in [2.75, 3.05) is 20.2 Å². The van der Waals surface area contributed by atoms with E-state index < -0.39 is 0 Å². The van der Waals surface area contributed by atoms with Crippen LogP contribution in [0.1, 0.15) is 11.1 Å². The Morgan fingerprint density at radius 1 is 1.56 bits per heavy atom. The fraction of sp³-hybridized carbons (Fsp3) is 0.417. The van der Waals surface area contributed by atoms with Gasteiger partial charge in [-0.3, -0.25) is 4.90 Å². The highest BCUT2D eigenvalue weighted by atomic mass is 79.9. The molecule has 1 aromatic carbocycles. The van der Waals surface area contributed by atoms with Crippen LogP contribution in [-0.2, 0) is 13.0 Å². The van der Waals surface area contributed by atoms with E-state index in [0.29, 0.717) is 6.54 Å². The summed E-state index contributed by atoms with van der Waals surface area (Å²) in [6.07, 6.45) is 0.976. The van der Waals surface area contributed by atoms with Crippen LogP contribution in [0.5, 0.6) is 5.75 Å². The van der Waals surface area contributed by atoms with E-state index >= 15 is 0 Å². The van der Waals surface area contributed by atoms with Crippen molar-refractivity contribution in [2.24, 2.45) is 0 Å². The first-order valence-corrected chi connectivity index (χ1v) is 5.99. The monoisotopic (exact) mass is 280 g/mol. The molecule has 4 heteroatoms. The Balaban J connectivity index is 2.24. The van der Waals surface area contributed by atoms with Crippen molar-refractivity contribution in [3.05, 3.63) is 27.7 Å². The predicted octanol–water partition coefficient (Wildman–Crippen LogP) is 2.34. The maximum atomic E-state index is 8.63. The second-order valence-corrected chi connectivity index (χ2v) is 4.90. The van der Waals surface area contributed by atoms with Crippen molar-refractivity contribution in [1.82, 2.24) is 4.90 Å². The minimum absolute atomic E-state index is 0.432. The average Bonchev–Trinajstić information content (AvgIpc) is 2.65. The molecular weight excluding hydrogens is 268 g/mol. The summed E-state index contributed by atoms with van der Waals surface area (Å²) in [5.74, 6) is 1.01. The van der Waals surface area contributed by atoms with Crippen molar-refractivity contribution in [3.63, 3.8) is 0 Å². The van der Waals surface area contributed by atoms with Crippen LogP contribution in [0.25, 0.3) is 0 Å². The fourth-order valence-corrected chi connectivity index (χ4v) is 2.48. The molecule has 0 radical (unpaired) electrons. The van der Waals surface area contributed by atoms with Crippen LogP contribution < -0.4 is 4.74 Å². The second-order valence-electron chi connectivity index (χ2n) is 3.98. The van der Waals surface area contributed by atoms with Gasteiger partial charge in [-0.2, -0.15) is 5.26 Å². The second kappa shape index (κ2) is 4.86. The first-order chi connectivity index (χ1) is 7.70. The molecule has 0 amide bonds. The van der Waals surface area contributed by atoms with Crippen LogP contribution in [0.15, 0.2) is 16.6 Å². The number of rotatable bonds is 3. The largest absolute Gasteiger partial charge is 0.493 e. The van der Waals surface area contributed by atoms with Gasteiger partial charge in [0.1, 0.15) is 5.75 Å². The molecule has 1 aromatic rings. The van der Waals surface area contributed by atoms with Gasteiger partial charge in [-0.05, 0) is 24.7 Å². The zero-order chi connectivity index (χ0) is 11.5. The van der Waals surface area contributed by atoms with Crippen molar-refractivity contribution >= 4 is 15.9 Å². The molecule has 0 saturated heterocycles. The van der Waals surface area contributed by atoms with Gasteiger partial charge in [0.2, 0.25) is 0 Å². The summed E-state index contributed by atoms with van der Waals surface area (Å²) in [5, 5.41) is 8.63. The predicted molar refractivity (Wildman–Crippen MR) is 65.3 cm³/mol. The van der Waals surface area contributed by atoms with Crippen molar-refractivity contribution < 1.29 is 4.74 Å². The molecule has 1 heterocycles. The fourth-order valence-electron chi connectivity index (χ4n) is 1.93. The summed E-state index contributed by atoms with van der Waals surface area (Å²) in [7, 11) is 1.94. The minimum Gasteiger partial charge on any atom is -0.493 e. The standard InChI is InChI=1S/C12H13BrN2O/c1-15(4-3-14)8-10-7-11(13)6-9-2-5-16-12(9)10/h6-7H,2,4-5,8H2,1H3. The number of halogens is 1. The van der Waals surface area contributed by atoms with Gasteiger partial charge in [-0.1, -0.05) is 15.9 Å². The summed E-state index contributed by atoms with van der Waals surface area (Å²) in [6, 6.07) is 6.32. The van der Waals surface area contributed by atoms with Gasteiger partial charge >= 0.3 is 0 Å². The summed E-state index contributed by atoms with van der Waals surface area (Å²) >= 11 is 3.51. The van der Waals surface area contributed by atoms with E-state index in [9.17, 15) is 0 Å². The number of benzene rings is 1. The number of nitrogens with zero attached hydrogens (tertiary/aromatic N) is 2. The van der Waals surface area contributed by atoms with Gasteiger partial charge in [0.15, 0.2) is 0 Å². The molecule has 84 valence electrons. The van der Waals surface area contributed by atoms with Gasteiger partial charge in [0, 0.05) is 23.0 Å². The number of hydrogen-bond acceptors (Lipinski definition) is 3. The molecule has 0 aliphatic carbocycles. The Bertz CT molecular complexity index is 439. The zero-order valence-electron chi connectivity index (χ0n) is 9.16. The molecule has 0 unspecified atom stereocenters. The van der Waals surface area contributed by atoms with Gasteiger partial charge in [-0.25, -0.2) is 0 Å². The van der Waals surface area contributed by atoms with Crippen molar-refractivity contribution in [1.29, 1.82) is 5.26 Å². The molecule has 0 saturated carbocycles. The third-order valence-corrected chi connectivity index (χ3v) is 3.06. The Labute approximate surface area is 104 Å². The average molecular weight is 281 g/mol. The molecule has 16 heavy (non-hydrogen) atoms. The van der Waals surface area contributed by atoms with Crippen molar-refractivity contribution in [2.45, 2.75) is 13.0 Å². The van der Waals surface area contributed by atoms with Gasteiger partial charge in [0.25, 0.3) is 0 Å². The smallest absolute Gasteiger partial charge is 0.127 e. The van der Waals surface area contributed by atoms with E-state index in [0.717, 1.165) is 35.4 Å². The molecule has 3 nitrogen and oxygen atoms in total. The Morgan fingerprint density at radius 2 is 2.38 bits per heavy atom. The minimum atomic E-state index is 0.432. The molecule has 1 aliphatic heterocycles. The topological polar surface area (TPSA) is 36.3 Å². The lowest BCUT2D eigenvalue weighted by Crippen LogP contribution is -2.18. The van der Waals surface area contributed by atoms with Crippen LogP contribution in [0.4, 0.5) is 0 Å². The number of hydrogen-bond donors (Lipinski definition) is 0. The van der Waals surface area contributed by atoms with Crippen LogP contribution in [-0.4, -0.2) is 25.1 Å². The maximum Gasteiger partial charge on any atom is 0.127 e. The van der Waals surface area contributed by atoms with E-state index in [-0.39, 0.29) is 0 Å². The quantitative estimate of drug-likeness (QED) is 0.798.